The third-order valence-corrected chi connectivity index (χ3v) is 13.5. The van der Waals surface area contributed by atoms with E-state index in [2.05, 4.69) is 61.4 Å². The predicted molar refractivity (Wildman–Crippen MR) is 281 cm³/mol. The second-order valence-corrected chi connectivity index (χ2v) is 18.6. The van der Waals surface area contributed by atoms with Gasteiger partial charge in [-0.25, -0.2) is 9.97 Å². The van der Waals surface area contributed by atoms with Crippen LogP contribution >= 0.6 is 0 Å². The number of likely N-dealkylation sites (tertiary alicyclic amines) is 2. The number of carbonyl (C=O) groups is 2. The Labute approximate surface area is 420 Å². The zero-order valence-electron chi connectivity index (χ0n) is 42.7. The van der Waals surface area contributed by atoms with Crippen LogP contribution in [-0.2, 0) is 32.2 Å². The molecule has 4 aromatic carbocycles. The first-order valence-corrected chi connectivity index (χ1v) is 26.0. The summed E-state index contributed by atoms with van der Waals surface area (Å²) in [6.07, 6.45) is 15.0. The summed E-state index contributed by atoms with van der Waals surface area (Å²) < 4.78 is 36.9. The van der Waals surface area contributed by atoms with Gasteiger partial charge in [-0.15, -0.1) is 0 Å². The van der Waals surface area contributed by atoms with E-state index >= 15 is 0 Å². The van der Waals surface area contributed by atoms with Gasteiger partial charge in [0.25, 0.3) is 0 Å². The van der Waals surface area contributed by atoms with Crippen LogP contribution in [0.2, 0.25) is 0 Å². The molecule has 0 N–H and O–H groups in total. The Hall–Kier alpha value is -6.12. The zero-order valence-corrected chi connectivity index (χ0v) is 42.7. The highest BCUT2D eigenvalue weighted by atomic mass is 16.5. The van der Waals surface area contributed by atoms with Gasteiger partial charge in [-0.05, 0) is 189 Å². The minimum atomic E-state index is -0.151. The fourth-order valence-electron chi connectivity index (χ4n) is 9.53. The number of aryl methyl sites for hydroxylation is 2. The van der Waals surface area contributed by atoms with Crippen LogP contribution in [0.5, 0.6) is 23.0 Å². The van der Waals surface area contributed by atoms with Gasteiger partial charge < -0.3 is 47.4 Å². The number of imidazole rings is 2. The molecule has 0 bridgehead atoms. The van der Waals surface area contributed by atoms with E-state index in [9.17, 15) is 9.59 Å². The van der Waals surface area contributed by atoms with Crippen LogP contribution in [0.1, 0.15) is 96.3 Å². The number of hydrogen-bond acceptors (Lipinski definition) is 12. The monoisotopic (exact) mass is 973 g/mol. The van der Waals surface area contributed by atoms with E-state index in [1.165, 1.54) is 72.5 Å². The molecule has 8 rings (SSSR count). The van der Waals surface area contributed by atoms with Gasteiger partial charge in [0, 0.05) is 49.2 Å². The van der Waals surface area contributed by atoms with Crippen LogP contribution in [0, 0.1) is 0 Å². The molecule has 2 fully saturated rings. The average Bonchev–Trinajstić information content (AvgIpc) is 4.17. The molecule has 14 nitrogen and oxygen atoms in total. The van der Waals surface area contributed by atoms with Crippen LogP contribution in [0.15, 0.2) is 84.9 Å². The van der Waals surface area contributed by atoms with E-state index in [0.29, 0.717) is 26.1 Å². The Kier molecular flexibility index (Phi) is 20.8. The topological polar surface area (TPSA) is 132 Å². The lowest BCUT2D eigenvalue weighted by molar-refractivity contribution is -0.141. The number of methoxy groups -OCH3 is 4. The molecule has 6 aromatic rings. The van der Waals surface area contributed by atoms with Crippen LogP contribution < -0.4 is 18.9 Å². The van der Waals surface area contributed by atoms with Crippen LogP contribution in [-0.4, -0.2) is 122 Å². The molecule has 0 unspecified atom stereocenters. The SMILES string of the molecule is COC(=O)CCCCCOc1ccc2nc(-c3ccc(OC)cc3)n(CCCN3CCCC3)c2c1.COC(=O)CCCCCOc1ccc2nc(-c3ccc(OC)cc3)n(CCCN3CCCCC3)c2c1. The number of hydrogen-bond donors (Lipinski definition) is 0. The van der Waals surface area contributed by atoms with Crippen LogP contribution in [0.3, 0.4) is 0 Å². The average molecular weight is 973 g/mol. The Balaban J connectivity index is 0.000000209. The number of esters is 2. The van der Waals surface area contributed by atoms with Crippen LogP contribution in [0.25, 0.3) is 44.8 Å². The predicted octanol–water partition coefficient (Wildman–Crippen LogP) is 11.0. The molecule has 2 aromatic heterocycles. The van der Waals surface area contributed by atoms with Crippen molar-refractivity contribution in [2.45, 2.75) is 109 Å². The highest BCUT2D eigenvalue weighted by Crippen LogP contribution is 2.31. The molecule has 14 heteroatoms. The number of aromatic nitrogens is 4. The van der Waals surface area contributed by atoms with Crippen LogP contribution in [0.4, 0.5) is 0 Å². The number of ether oxygens (including phenoxy) is 6. The van der Waals surface area contributed by atoms with Gasteiger partial charge in [0.2, 0.25) is 0 Å². The first-order valence-electron chi connectivity index (χ1n) is 26.0. The van der Waals surface area contributed by atoms with E-state index in [0.717, 1.165) is 145 Å². The number of carbonyl (C=O) groups excluding carboxylic acids is 2. The van der Waals surface area contributed by atoms with Gasteiger partial charge in [-0.1, -0.05) is 6.42 Å². The maximum Gasteiger partial charge on any atom is 0.305 e. The Morgan fingerprint density at radius 2 is 0.845 bits per heavy atom. The van der Waals surface area contributed by atoms with Gasteiger partial charge in [0.1, 0.15) is 34.6 Å². The summed E-state index contributed by atoms with van der Waals surface area (Å²) >= 11 is 0. The number of fused-ring (bicyclic) bond motifs is 2. The molecule has 2 saturated heterocycles. The van der Waals surface area contributed by atoms with Crippen molar-refractivity contribution in [2.24, 2.45) is 0 Å². The van der Waals surface area contributed by atoms with E-state index in [1.807, 2.05) is 42.5 Å². The second kappa shape index (κ2) is 28.1. The number of benzene rings is 4. The molecular formula is C57H76N6O8. The first kappa shape index (κ1) is 52.7. The van der Waals surface area contributed by atoms with Crippen molar-refractivity contribution >= 4 is 34.0 Å². The fraction of sp³-hybridized carbons (Fsp3) is 0.509. The highest BCUT2D eigenvalue weighted by Gasteiger charge is 2.18. The summed E-state index contributed by atoms with van der Waals surface area (Å²) in [6.45, 7) is 10.2. The van der Waals surface area contributed by atoms with Crippen molar-refractivity contribution in [1.29, 1.82) is 0 Å². The van der Waals surface area contributed by atoms with E-state index in [1.54, 1.807) is 14.2 Å². The first-order chi connectivity index (χ1) is 34.8. The quantitative estimate of drug-likeness (QED) is 0.0379. The third-order valence-electron chi connectivity index (χ3n) is 13.5. The molecule has 2 aliphatic heterocycles. The smallest absolute Gasteiger partial charge is 0.305 e. The maximum atomic E-state index is 11.3. The third kappa shape index (κ3) is 15.7. The summed E-state index contributed by atoms with van der Waals surface area (Å²) in [5, 5.41) is 0. The van der Waals surface area contributed by atoms with E-state index < -0.39 is 0 Å². The molecule has 382 valence electrons. The molecule has 2 aliphatic rings. The Morgan fingerprint density at radius 3 is 1.24 bits per heavy atom. The van der Waals surface area contributed by atoms with Gasteiger partial charge in [0.15, 0.2) is 0 Å². The summed E-state index contributed by atoms with van der Waals surface area (Å²) in [6, 6.07) is 28.6. The molecule has 0 radical (unpaired) electrons. The van der Waals surface area contributed by atoms with Gasteiger partial charge in [-0.2, -0.15) is 0 Å². The molecule has 0 spiro atoms. The lowest BCUT2D eigenvalue weighted by Crippen LogP contribution is -2.31. The minimum Gasteiger partial charge on any atom is -0.497 e. The van der Waals surface area contributed by atoms with Crippen molar-refractivity contribution in [2.75, 3.05) is 80.9 Å². The lowest BCUT2D eigenvalue weighted by atomic mass is 10.1. The molecular weight excluding hydrogens is 897 g/mol. The Bertz CT molecular complexity index is 2540. The number of piperidine rings is 1. The second-order valence-electron chi connectivity index (χ2n) is 18.6. The number of rotatable bonds is 26. The van der Waals surface area contributed by atoms with Crippen molar-refractivity contribution in [3.8, 4) is 45.8 Å². The van der Waals surface area contributed by atoms with Gasteiger partial charge >= 0.3 is 11.9 Å². The molecule has 0 atom stereocenters. The van der Waals surface area contributed by atoms with Gasteiger partial charge in [0.05, 0.1) is 63.7 Å². The number of unbranched alkanes of at least 4 members (excludes halogenated alkanes) is 4. The van der Waals surface area contributed by atoms with E-state index in [-0.39, 0.29) is 11.9 Å². The summed E-state index contributed by atoms with van der Waals surface area (Å²) in [4.78, 5) is 37.6. The van der Waals surface area contributed by atoms with Gasteiger partial charge in [-0.3, -0.25) is 9.59 Å². The highest BCUT2D eigenvalue weighted by molar-refractivity contribution is 5.83. The summed E-state index contributed by atoms with van der Waals surface area (Å²) in [5.41, 5.74) is 6.31. The summed E-state index contributed by atoms with van der Waals surface area (Å²) in [7, 11) is 6.23. The fourth-order valence-corrected chi connectivity index (χ4v) is 9.53. The standard InChI is InChI=1S/C29H39N3O4.C28H37N3O4/c1-34-24-13-11-23(12-14-24)29-30-26-16-15-25(36-21-8-3-5-10-28(33)35-2)22-27(26)32(29)20-9-19-31-17-6-4-7-18-31;1-33-23-12-10-22(11-13-23)28-29-25-15-14-24(35-20-7-3-4-9-27(32)34-2)21-26(25)31(28)19-8-18-30-16-5-6-17-30/h11-16,22H,3-10,17-21H2,1-2H3;10-15,21H,3-9,16-20H2,1-2H3. The molecule has 71 heavy (non-hydrogen) atoms. The zero-order chi connectivity index (χ0) is 49.6. The normalized spacial score (nSPS) is 14.0. The summed E-state index contributed by atoms with van der Waals surface area (Å²) in [5.74, 6) is 5.04. The largest absolute Gasteiger partial charge is 0.497 e. The van der Waals surface area contributed by atoms with Crippen molar-refractivity contribution < 1.29 is 38.0 Å². The number of nitrogens with zero attached hydrogens (tertiary/aromatic N) is 6. The molecule has 4 heterocycles. The minimum absolute atomic E-state index is 0.150. The maximum absolute atomic E-state index is 11.3. The molecule has 0 amide bonds. The van der Waals surface area contributed by atoms with Crippen molar-refractivity contribution in [3.05, 3.63) is 84.9 Å². The lowest BCUT2D eigenvalue weighted by Gasteiger charge is -2.26. The molecule has 0 aliphatic carbocycles. The van der Waals surface area contributed by atoms with E-state index in [4.69, 9.17) is 38.4 Å². The van der Waals surface area contributed by atoms with Crippen molar-refractivity contribution in [1.82, 2.24) is 28.9 Å². The Morgan fingerprint density at radius 1 is 0.451 bits per heavy atom. The molecule has 0 saturated carbocycles. The van der Waals surface area contributed by atoms with Crippen molar-refractivity contribution in [3.63, 3.8) is 0 Å².